The first-order chi connectivity index (χ1) is 18.0. The highest BCUT2D eigenvalue weighted by molar-refractivity contribution is 6.34. The Hall–Kier alpha value is -4.63. The van der Waals surface area contributed by atoms with Gasteiger partial charge in [0.15, 0.2) is 5.78 Å². The van der Waals surface area contributed by atoms with Gasteiger partial charge in [0.1, 0.15) is 23.0 Å². The fourth-order valence-corrected chi connectivity index (χ4v) is 4.00. The zero-order valence-electron chi connectivity index (χ0n) is 19.4. The van der Waals surface area contributed by atoms with E-state index in [-0.39, 0.29) is 40.0 Å². The summed E-state index contributed by atoms with van der Waals surface area (Å²) in [7, 11) is 0. The summed E-state index contributed by atoms with van der Waals surface area (Å²) in [5.74, 6) is -0.967. The number of Topliss-reactive ketones (excluding diaryl/α,β-unsaturated/α-hetero) is 1. The minimum absolute atomic E-state index is 0.104. The molecule has 0 radical (unpaired) electrons. The predicted molar refractivity (Wildman–Crippen MR) is 137 cm³/mol. The maximum Gasteiger partial charge on any atom is 0.258 e. The smallest absolute Gasteiger partial charge is 0.258 e. The van der Waals surface area contributed by atoms with E-state index in [9.17, 15) is 14.0 Å². The Balaban J connectivity index is 1.45. The highest BCUT2D eigenvalue weighted by atomic mass is 35.5. The molecular weight excluding hydrogens is 495 g/mol. The molecule has 37 heavy (non-hydrogen) atoms. The molecule has 0 aliphatic carbocycles. The van der Waals surface area contributed by atoms with Gasteiger partial charge in [-0.05, 0) is 48.9 Å². The number of aryl methyl sites for hydroxylation is 1. The van der Waals surface area contributed by atoms with Gasteiger partial charge in [-0.25, -0.2) is 9.07 Å². The topological polar surface area (TPSA) is 106 Å². The van der Waals surface area contributed by atoms with E-state index in [4.69, 9.17) is 11.6 Å². The van der Waals surface area contributed by atoms with Crippen molar-refractivity contribution >= 4 is 29.1 Å². The Labute approximate surface area is 216 Å². The number of anilines is 1. The molecule has 5 rings (SSSR count). The summed E-state index contributed by atoms with van der Waals surface area (Å²) in [4.78, 5) is 30.3. The number of hydrogen-bond donors (Lipinski definition) is 2. The highest BCUT2D eigenvalue weighted by Gasteiger charge is 2.20. The number of nitrogens with one attached hydrogen (secondary N) is 2. The van der Waals surface area contributed by atoms with Crippen molar-refractivity contribution in [3.63, 3.8) is 0 Å². The van der Waals surface area contributed by atoms with E-state index < -0.39 is 11.7 Å². The SMILES string of the molecule is O=C(CCc1ccn[nH]1)c1cc(NC(=O)c2cc(-c3ncccc3F)ccc2Cl)n(-c2ccccc2)n1. The first-order valence-corrected chi connectivity index (χ1v) is 11.8. The van der Waals surface area contributed by atoms with Crippen molar-refractivity contribution in [2.24, 2.45) is 0 Å². The molecule has 0 atom stereocenters. The Morgan fingerprint density at radius 3 is 2.59 bits per heavy atom. The maximum absolute atomic E-state index is 14.3. The average molecular weight is 515 g/mol. The van der Waals surface area contributed by atoms with Gasteiger partial charge in [-0.1, -0.05) is 35.9 Å². The van der Waals surface area contributed by atoms with E-state index in [0.717, 1.165) is 5.69 Å². The molecule has 184 valence electrons. The third-order valence-corrected chi connectivity index (χ3v) is 5.99. The van der Waals surface area contributed by atoms with Crippen molar-refractivity contribution in [3.05, 3.63) is 113 Å². The van der Waals surface area contributed by atoms with Crippen molar-refractivity contribution < 1.29 is 14.0 Å². The number of H-pyrrole nitrogens is 1. The summed E-state index contributed by atoms with van der Waals surface area (Å²) in [5.41, 5.74) is 2.32. The van der Waals surface area contributed by atoms with E-state index in [2.05, 4.69) is 25.6 Å². The number of hydrogen-bond acceptors (Lipinski definition) is 5. The van der Waals surface area contributed by atoms with Crippen LogP contribution in [0.15, 0.2) is 85.2 Å². The van der Waals surface area contributed by atoms with Gasteiger partial charge in [-0.2, -0.15) is 10.2 Å². The van der Waals surface area contributed by atoms with Crippen LogP contribution in [-0.2, 0) is 6.42 Å². The fraction of sp³-hybridized carbons (Fsp3) is 0.0741. The van der Waals surface area contributed by atoms with Crippen molar-refractivity contribution in [1.29, 1.82) is 0 Å². The highest BCUT2D eigenvalue weighted by Crippen LogP contribution is 2.27. The van der Waals surface area contributed by atoms with Crippen LogP contribution < -0.4 is 5.32 Å². The van der Waals surface area contributed by atoms with Gasteiger partial charge in [0, 0.05) is 36.1 Å². The number of halogens is 2. The zero-order valence-corrected chi connectivity index (χ0v) is 20.1. The van der Waals surface area contributed by atoms with Crippen LogP contribution in [0.5, 0.6) is 0 Å². The van der Waals surface area contributed by atoms with Gasteiger partial charge in [0.2, 0.25) is 0 Å². The molecule has 0 bridgehead atoms. The van der Waals surface area contributed by atoms with Crippen LogP contribution in [0.4, 0.5) is 10.2 Å². The van der Waals surface area contributed by atoms with E-state index in [1.165, 1.54) is 41.2 Å². The minimum Gasteiger partial charge on any atom is -0.306 e. The number of benzene rings is 2. The maximum atomic E-state index is 14.3. The van der Waals surface area contributed by atoms with E-state index in [1.807, 2.05) is 18.2 Å². The molecule has 2 N–H and O–H groups in total. The Morgan fingerprint density at radius 2 is 1.84 bits per heavy atom. The van der Waals surface area contributed by atoms with Gasteiger partial charge in [0.25, 0.3) is 5.91 Å². The second-order valence-corrected chi connectivity index (χ2v) is 8.56. The van der Waals surface area contributed by atoms with Crippen LogP contribution in [0.3, 0.4) is 0 Å². The van der Waals surface area contributed by atoms with E-state index >= 15 is 0 Å². The van der Waals surface area contributed by atoms with Crippen LogP contribution in [0.25, 0.3) is 16.9 Å². The monoisotopic (exact) mass is 514 g/mol. The number of para-hydroxylation sites is 1. The summed E-state index contributed by atoms with van der Waals surface area (Å²) >= 11 is 6.33. The van der Waals surface area contributed by atoms with Crippen molar-refractivity contribution in [1.82, 2.24) is 25.0 Å². The number of nitrogens with zero attached hydrogens (tertiary/aromatic N) is 4. The van der Waals surface area contributed by atoms with E-state index in [1.54, 1.807) is 30.5 Å². The van der Waals surface area contributed by atoms with Crippen LogP contribution in [-0.4, -0.2) is 36.7 Å². The number of ketones is 1. The van der Waals surface area contributed by atoms with Gasteiger partial charge in [-0.3, -0.25) is 19.7 Å². The number of aromatic nitrogens is 5. The Morgan fingerprint density at radius 1 is 1.00 bits per heavy atom. The molecule has 2 aromatic carbocycles. The van der Waals surface area contributed by atoms with E-state index in [0.29, 0.717) is 17.7 Å². The molecular formula is C27H20ClFN6O2. The Kier molecular flexibility index (Phi) is 6.87. The van der Waals surface area contributed by atoms with Gasteiger partial charge in [0.05, 0.1) is 16.3 Å². The van der Waals surface area contributed by atoms with Crippen LogP contribution in [0.1, 0.15) is 33.0 Å². The molecule has 1 amide bonds. The zero-order chi connectivity index (χ0) is 25.8. The standard InChI is InChI=1S/C27H20ClFN6O2/c28-21-10-8-17(26-22(29)7-4-13-30-26)15-20(21)27(37)32-25-16-23(24(36)11-9-18-12-14-31-33-18)34-35(25)19-5-2-1-3-6-19/h1-8,10,12-16H,9,11H2,(H,31,33)(H,32,37). The van der Waals surface area contributed by atoms with Gasteiger partial charge >= 0.3 is 0 Å². The summed E-state index contributed by atoms with van der Waals surface area (Å²) in [6, 6.07) is 19.8. The molecule has 0 spiro atoms. The lowest BCUT2D eigenvalue weighted by Gasteiger charge is -2.11. The lowest BCUT2D eigenvalue weighted by molar-refractivity contribution is 0.0976. The largest absolute Gasteiger partial charge is 0.306 e. The molecule has 0 saturated carbocycles. The number of rotatable bonds is 8. The molecule has 8 nitrogen and oxygen atoms in total. The first-order valence-electron chi connectivity index (χ1n) is 11.4. The number of carbonyl (C=O) groups excluding carboxylic acids is 2. The third kappa shape index (κ3) is 5.31. The first kappa shape index (κ1) is 24.1. The molecule has 0 aliphatic rings. The van der Waals surface area contributed by atoms with Crippen molar-refractivity contribution in [3.8, 4) is 16.9 Å². The minimum atomic E-state index is -0.545. The number of carbonyl (C=O) groups is 2. The van der Waals surface area contributed by atoms with Crippen molar-refractivity contribution in [2.75, 3.05) is 5.32 Å². The second-order valence-electron chi connectivity index (χ2n) is 8.15. The molecule has 3 heterocycles. The Bertz CT molecular complexity index is 1570. The van der Waals surface area contributed by atoms with Crippen LogP contribution in [0.2, 0.25) is 5.02 Å². The molecule has 10 heteroatoms. The third-order valence-electron chi connectivity index (χ3n) is 5.66. The normalized spacial score (nSPS) is 10.9. The molecule has 0 fully saturated rings. The predicted octanol–water partition coefficient (Wildman–Crippen LogP) is 5.52. The lowest BCUT2D eigenvalue weighted by atomic mass is 10.1. The lowest BCUT2D eigenvalue weighted by Crippen LogP contribution is -2.15. The molecule has 3 aromatic heterocycles. The number of pyridine rings is 1. The average Bonchev–Trinajstić information content (AvgIpc) is 3.59. The van der Waals surface area contributed by atoms with Crippen molar-refractivity contribution in [2.45, 2.75) is 12.8 Å². The second kappa shape index (κ2) is 10.5. The summed E-state index contributed by atoms with van der Waals surface area (Å²) in [6.07, 6.45) is 3.78. The quantitative estimate of drug-likeness (QED) is 0.265. The number of amides is 1. The van der Waals surface area contributed by atoms with Gasteiger partial charge in [-0.15, -0.1) is 0 Å². The molecule has 0 saturated heterocycles. The van der Waals surface area contributed by atoms with Gasteiger partial charge < -0.3 is 5.32 Å². The number of aromatic amines is 1. The summed E-state index contributed by atoms with van der Waals surface area (Å²) in [6.45, 7) is 0. The van der Waals surface area contributed by atoms with Crippen LogP contribution in [0, 0.1) is 5.82 Å². The summed E-state index contributed by atoms with van der Waals surface area (Å²) in [5, 5.41) is 14.2. The summed E-state index contributed by atoms with van der Waals surface area (Å²) < 4.78 is 15.8. The molecule has 0 unspecified atom stereocenters. The van der Waals surface area contributed by atoms with Crippen LogP contribution >= 0.6 is 11.6 Å². The molecule has 0 aliphatic heterocycles. The fourth-order valence-electron chi connectivity index (χ4n) is 3.80. The molecule has 5 aromatic rings.